The van der Waals surface area contributed by atoms with Crippen molar-refractivity contribution in [2.24, 2.45) is 0 Å². The molecular formula is C9H8BClF3S-. The lowest BCUT2D eigenvalue weighted by molar-refractivity contribution is 0.491. The Morgan fingerprint density at radius 2 is 1.80 bits per heavy atom. The summed E-state index contributed by atoms with van der Waals surface area (Å²) >= 11 is 6.74. The van der Waals surface area contributed by atoms with E-state index in [2.05, 4.69) is 6.58 Å². The average Bonchev–Trinajstić information content (AvgIpc) is 2.15. The lowest BCUT2D eigenvalue weighted by atomic mass is 9.82. The first kappa shape index (κ1) is 12.5. The summed E-state index contributed by atoms with van der Waals surface area (Å²) in [5.41, 5.74) is -0.671. The smallest absolute Gasteiger partial charge is 0.445 e. The number of halogens is 4. The van der Waals surface area contributed by atoms with Gasteiger partial charge in [0, 0.05) is 9.92 Å². The van der Waals surface area contributed by atoms with E-state index in [1.807, 2.05) is 0 Å². The molecule has 0 nitrogen and oxygen atoms in total. The lowest BCUT2D eigenvalue weighted by Gasteiger charge is -2.17. The van der Waals surface area contributed by atoms with Crippen LogP contribution in [0.15, 0.2) is 41.2 Å². The summed E-state index contributed by atoms with van der Waals surface area (Å²) in [6, 6.07) is 6.66. The highest BCUT2D eigenvalue weighted by molar-refractivity contribution is 7.99. The molecule has 0 aliphatic rings. The summed E-state index contributed by atoms with van der Waals surface area (Å²) in [7, 11) is 0. The summed E-state index contributed by atoms with van der Waals surface area (Å²) in [5, 5.41) is 0.568. The average molecular weight is 251 g/mol. The number of rotatable bonds is 4. The molecular weight excluding hydrogens is 243 g/mol. The highest BCUT2D eigenvalue weighted by Gasteiger charge is 2.26. The topological polar surface area (TPSA) is 0 Å². The van der Waals surface area contributed by atoms with Crippen LogP contribution in [-0.2, 0) is 0 Å². The van der Waals surface area contributed by atoms with E-state index in [-0.39, 0.29) is 5.75 Å². The molecule has 82 valence electrons. The van der Waals surface area contributed by atoms with Crippen LogP contribution in [0.3, 0.4) is 0 Å². The zero-order valence-corrected chi connectivity index (χ0v) is 9.29. The van der Waals surface area contributed by atoms with Crippen molar-refractivity contribution in [1.29, 1.82) is 0 Å². The van der Waals surface area contributed by atoms with E-state index in [1.165, 1.54) is 0 Å². The molecule has 0 spiro atoms. The maximum absolute atomic E-state index is 12.1. The van der Waals surface area contributed by atoms with E-state index >= 15 is 0 Å². The first-order chi connectivity index (χ1) is 6.89. The van der Waals surface area contributed by atoms with Gasteiger partial charge in [0.1, 0.15) is 0 Å². The molecule has 0 atom stereocenters. The van der Waals surface area contributed by atoms with Crippen LogP contribution < -0.4 is 0 Å². The van der Waals surface area contributed by atoms with Crippen molar-refractivity contribution in [2.75, 3.05) is 5.75 Å². The minimum absolute atomic E-state index is 0.134. The van der Waals surface area contributed by atoms with Crippen LogP contribution in [0.2, 0.25) is 5.02 Å². The summed E-state index contributed by atoms with van der Waals surface area (Å²) < 4.78 is 36.4. The van der Waals surface area contributed by atoms with Crippen molar-refractivity contribution in [3.8, 4) is 0 Å². The van der Waals surface area contributed by atoms with Gasteiger partial charge in [0.25, 0.3) is 0 Å². The molecule has 0 fully saturated rings. The molecule has 0 bridgehead atoms. The van der Waals surface area contributed by atoms with E-state index in [0.717, 1.165) is 16.7 Å². The van der Waals surface area contributed by atoms with Crippen molar-refractivity contribution >= 4 is 30.3 Å². The molecule has 0 radical (unpaired) electrons. The second-order valence-corrected chi connectivity index (χ2v) is 4.46. The molecule has 0 saturated carbocycles. The van der Waals surface area contributed by atoms with Crippen LogP contribution >= 0.6 is 23.4 Å². The molecule has 0 heterocycles. The first-order valence-electron chi connectivity index (χ1n) is 4.15. The minimum atomic E-state index is -4.92. The van der Waals surface area contributed by atoms with E-state index in [9.17, 15) is 12.9 Å². The summed E-state index contributed by atoms with van der Waals surface area (Å²) in [6.07, 6.45) is 0. The van der Waals surface area contributed by atoms with Gasteiger partial charge in [-0.2, -0.15) is 0 Å². The number of hydrogen-bond donors (Lipinski definition) is 0. The van der Waals surface area contributed by atoms with Crippen LogP contribution in [0.25, 0.3) is 0 Å². The zero-order valence-electron chi connectivity index (χ0n) is 7.72. The molecule has 1 aromatic carbocycles. The van der Waals surface area contributed by atoms with Crippen molar-refractivity contribution in [1.82, 2.24) is 0 Å². The molecule has 1 rings (SSSR count). The highest BCUT2D eigenvalue weighted by atomic mass is 35.5. The minimum Gasteiger partial charge on any atom is -0.445 e. The molecule has 0 aliphatic heterocycles. The molecule has 6 heteroatoms. The van der Waals surface area contributed by atoms with Gasteiger partial charge >= 0.3 is 6.98 Å². The standard InChI is InChI=1S/C9H8BClF3S/c1-7(10(12,13)14)6-15-9-4-2-8(11)3-5-9/h2-5H,1,6H2/q-1. The van der Waals surface area contributed by atoms with Crippen molar-refractivity contribution < 1.29 is 12.9 Å². The van der Waals surface area contributed by atoms with Gasteiger partial charge in [-0.25, -0.2) is 0 Å². The van der Waals surface area contributed by atoms with Gasteiger partial charge in [-0.3, -0.25) is 0 Å². The lowest BCUT2D eigenvalue weighted by Crippen LogP contribution is -2.20. The Morgan fingerprint density at radius 3 is 2.27 bits per heavy atom. The maximum Gasteiger partial charge on any atom is 0.505 e. The van der Waals surface area contributed by atoms with E-state index in [1.54, 1.807) is 24.3 Å². The fraction of sp³-hybridized carbons (Fsp3) is 0.111. The largest absolute Gasteiger partial charge is 0.505 e. The van der Waals surface area contributed by atoms with Crippen LogP contribution in [0.4, 0.5) is 12.9 Å². The highest BCUT2D eigenvalue weighted by Crippen LogP contribution is 2.27. The van der Waals surface area contributed by atoms with Crippen LogP contribution in [-0.4, -0.2) is 12.7 Å². The van der Waals surface area contributed by atoms with E-state index in [0.29, 0.717) is 5.02 Å². The van der Waals surface area contributed by atoms with Crippen LogP contribution in [0.5, 0.6) is 0 Å². The fourth-order valence-electron chi connectivity index (χ4n) is 0.801. The van der Waals surface area contributed by atoms with Crippen molar-refractivity contribution in [3.63, 3.8) is 0 Å². The maximum atomic E-state index is 12.1. The second-order valence-electron chi connectivity index (χ2n) is 2.98. The third-order valence-electron chi connectivity index (χ3n) is 1.70. The van der Waals surface area contributed by atoms with Gasteiger partial charge in [0.2, 0.25) is 0 Å². The van der Waals surface area contributed by atoms with E-state index in [4.69, 9.17) is 11.6 Å². The monoisotopic (exact) mass is 251 g/mol. The molecule has 0 aromatic heterocycles. The van der Waals surface area contributed by atoms with Gasteiger partial charge in [0.15, 0.2) is 0 Å². The Hall–Kier alpha value is -0.545. The Labute approximate surface area is 95.6 Å². The van der Waals surface area contributed by atoms with Gasteiger partial charge in [-0.1, -0.05) is 11.6 Å². The fourth-order valence-corrected chi connectivity index (χ4v) is 1.80. The Balaban J connectivity index is 2.51. The van der Waals surface area contributed by atoms with Gasteiger partial charge < -0.3 is 12.9 Å². The van der Waals surface area contributed by atoms with Gasteiger partial charge in [-0.15, -0.1) is 23.8 Å². The SMILES string of the molecule is C=C(CSc1ccc(Cl)cc1)[B-](F)(F)F. The molecule has 0 amide bonds. The quantitative estimate of drug-likeness (QED) is 0.565. The Morgan fingerprint density at radius 1 is 1.27 bits per heavy atom. The predicted octanol–water partition coefficient (Wildman–Crippen LogP) is 4.37. The number of thioether (sulfide) groups is 1. The molecule has 0 saturated heterocycles. The molecule has 15 heavy (non-hydrogen) atoms. The molecule has 0 unspecified atom stereocenters. The van der Waals surface area contributed by atoms with Crippen LogP contribution in [0.1, 0.15) is 0 Å². The third kappa shape index (κ3) is 4.22. The second kappa shape index (κ2) is 4.99. The molecule has 0 N–H and O–H groups in total. The van der Waals surface area contributed by atoms with Crippen molar-refractivity contribution in [3.05, 3.63) is 41.3 Å². The normalized spacial score (nSPS) is 11.5. The zero-order chi connectivity index (χ0) is 11.5. The molecule has 1 aromatic rings. The van der Waals surface area contributed by atoms with E-state index < -0.39 is 12.4 Å². The first-order valence-corrected chi connectivity index (χ1v) is 5.52. The molecule has 0 aliphatic carbocycles. The Kier molecular flexibility index (Phi) is 4.17. The van der Waals surface area contributed by atoms with Crippen LogP contribution in [0, 0.1) is 0 Å². The predicted molar refractivity (Wildman–Crippen MR) is 60.4 cm³/mol. The summed E-state index contributed by atoms with van der Waals surface area (Å²) in [6.45, 7) is -1.90. The number of benzene rings is 1. The Bertz CT molecular complexity index is 347. The van der Waals surface area contributed by atoms with Crippen molar-refractivity contribution in [2.45, 2.75) is 4.90 Å². The van der Waals surface area contributed by atoms with Gasteiger partial charge in [-0.05, 0) is 30.0 Å². The third-order valence-corrected chi connectivity index (χ3v) is 3.07. The number of hydrogen-bond acceptors (Lipinski definition) is 1. The van der Waals surface area contributed by atoms with Gasteiger partial charge in [0.05, 0.1) is 0 Å². The summed E-state index contributed by atoms with van der Waals surface area (Å²) in [4.78, 5) is 0.751. The summed E-state index contributed by atoms with van der Waals surface area (Å²) in [5.74, 6) is -0.134.